The number of H-pyrrole nitrogens is 1. The molecule has 0 saturated carbocycles. The van der Waals surface area contributed by atoms with Crippen LogP contribution in [0.25, 0.3) is 22.2 Å². The molecule has 3 aromatic rings. The molecule has 1 heterocycles. The van der Waals surface area contributed by atoms with Gasteiger partial charge in [-0.05, 0) is 43.5 Å². The summed E-state index contributed by atoms with van der Waals surface area (Å²) in [6, 6.07) is 12.4. The first-order valence-corrected chi connectivity index (χ1v) is 6.75. The van der Waals surface area contributed by atoms with Gasteiger partial charge in [-0.2, -0.15) is 0 Å². The number of rotatable bonds is 2. The third-order valence-electron chi connectivity index (χ3n) is 3.74. The van der Waals surface area contributed by atoms with Crippen molar-refractivity contribution in [1.82, 2.24) is 4.98 Å². The average Bonchev–Trinajstić information content (AvgIpc) is 2.78. The maximum atomic E-state index is 11.6. The van der Waals surface area contributed by atoms with E-state index in [0.29, 0.717) is 0 Å². The molecule has 0 aliphatic rings. The molecule has 0 atom stereocenters. The first-order chi connectivity index (χ1) is 9.60. The highest BCUT2D eigenvalue weighted by molar-refractivity contribution is 6.06. The summed E-state index contributed by atoms with van der Waals surface area (Å²) >= 11 is 0. The van der Waals surface area contributed by atoms with Crippen molar-refractivity contribution in [3.8, 4) is 11.3 Å². The summed E-state index contributed by atoms with van der Waals surface area (Å²) in [7, 11) is 0. The number of hydrogen-bond donors (Lipinski definition) is 1. The van der Waals surface area contributed by atoms with Crippen LogP contribution in [0.15, 0.2) is 36.4 Å². The van der Waals surface area contributed by atoms with Crippen molar-refractivity contribution in [1.29, 1.82) is 0 Å². The Balaban J connectivity index is 2.33. The first-order valence-electron chi connectivity index (χ1n) is 6.75. The molecule has 0 aliphatic heterocycles. The van der Waals surface area contributed by atoms with E-state index >= 15 is 0 Å². The molecule has 3 rings (SSSR count). The molecule has 0 fully saturated rings. The lowest BCUT2D eigenvalue weighted by Gasteiger charge is -2.01. The molecule has 2 nitrogen and oxygen atoms in total. The zero-order valence-corrected chi connectivity index (χ0v) is 11.9. The second kappa shape index (κ2) is 4.64. The van der Waals surface area contributed by atoms with Crippen LogP contribution >= 0.6 is 0 Å². The average molecular weight is 263 g/mol. The summed E-state index contributed by atoms with van der Waals surface area (Å²) in [5, 5.41) is 1.03. The number of aryl methyl sites for hydroxylation is 3. The molecule has 100 valence electrons. The Bertz CT molecular complexity index is 794. The number of hydrogen-bond acceptors (Lipinski definition) is 1. The smallest absolute Gasteiger partial charge is 0.152 e. The van der Waals surface area contributed by atoms with Crippen molar-refractivity contribution in [2.24, 2.45) is 0 Å². The third-order valence-corrected chi connectivity index (χ3v) is 3.74. The second-order valence-electron chi connectivity index (χ2n) is 5.40. The molecule has 0 spiro atoms. The maximum absolute atomic E-state index is 11.6. The van der Waals surface area contributed by atoms with Gasteiger partial charge in [-0.15, -0.1) is 0 Å². The summed E-state index contributed by atoms with van der Waals surface area (Å²) in [5.41, 5.74) is 7.28. The molecule has 0 amide bonds. The molecule has 0 saturated heterocycles. The van der Waals surface area contributed by atoms with Crippen molar-refractivity contribution < 1.29 is 4.79 Å². The molecule has 0 radical (unpaired) electrons. The third kappa shape index (κ3) is 1.94. The topological polar surface area (TPSA) is 32.9 Å². The van der Waals surface area contributed by atoms with E-state index in [1.807, 2.05) is 0 Å². The molecule has 0 unspecified atom stereocenters. The standard InChI is InChI=1S/C18H17NO/c1-11-4-6-14(7-5-11)18-15(10-20)17-13(3)8-12(2)9-16(17)19-18/h4-10,19H,1-3H3. The van der Waals surface area contributed by atoms with Crippen molar-refractivity contribution >= 4 is 17.2 Å². The van der Waals surface area contributed by atoms with Crippen molar-refractivity contribution in [3.63, 3.8) is 0 Å². The minimum Gasteiger partial charge on any atom is -0.354 e. The van der Waals surface area contributed by atoms with Crippen molar-refractivity contribution in [2.75, 3.05) is 0 Å². The Labute approximate surface area is 118 Å². The number of benzene rings is 2. The second-order valence-corrected chi connectivity index (χ2v) is 5.40. The van der Waals surface area contributed by atoms with E-state index in [4.69, 9.17) is 0 Å². The monoisotopic (exact) mass is 263 g/mol. The minimum atomic E-state index is 0.751. The van der Waals surface area contributed by atoms with E-state index in [1.54, 1.807) is 0 Å². The minimum absolute atomic E-state index is 0.751. The van der Waals surface area contributed by atoms with Gasteiger partial charge in [0.15, 0.2) is 6.29 Å². The molecule has 2 heteroatoms. The maximum Gasteiger partial charge on any atom is 0.152 e. The molecule has 2 aromatic carbocycles. The number of nitrogens with one attached hydrogen (secondary N) is 1. The Morgan fingerprint density at radius 3 is 2.30 bits per heavy atom. The fourth-order valence-electron chi connectivity index (χ4n) is 2.82. The lowest BCUT2D eigenvalue weighted by molar-refractivity contribution is 0.112. The summed E-state index contributed by atoms with van der Waals surface area (Å²) in [6.45, 7) is 6.18. The van der Waals surface area contributed by atoms with Crippen LogP contribution in [-0.4, -0.2) is 11.3 Å². The fourth-order valence-corrected chi connectivity index (χ4v) is 2.82. The van der Waals surface area contributed by atoms with Crippen LogP contribution in [0.3, 0.4) is 0 Å². The van der Waals surface area contributed by atoms with E-state index in [0.717, 1.165) is 39.6 Å². The largest absolute Gasteiger partial charge is 0.354 e. The van der Waals surface area contributed by atoms with Gasteiger partial charge in [-0.1, -0.05) is 35.9 Å². The molecule has 1 N–H and O–H groups in total. The summed E-state index contributed by atoms with van der Waals surface area (Å²) in [5.74, 6) is 0. The van der Waals surface area contributed by atoms with Gasteiger partial charge in [-0.3, -0.25) is 4.79 Å². The quantitative estimate of drug-likeness (QED) is 0.675. The molecule has 0 bridgehead atoms. The fraction of sp³-hybridized carbons (Fsp3) is 0.167. The molecular formula is C18H17NO. The number of aromatic amines is 1. The summed E-state index contributed by atoms with van der Waals surface area (Å²) < 4.78 is 0. The zero-order chi connectivity index (χ0) is 14.3. The highest BCUT2D eigenvalue weighted by atomic mass is 16.1. The SMILES string of the molecule is Cc1ccc(-c2[nH]c3cc(C)cc(C)c3c2C=O)cc1. The van der Waals surface area contributed by atoms with E-state index in [1.165, 1.54) is 11.1 Å². The van der Waals surface area contributed by atoms with E-state index < -0.39 is 0 Å². The van der Waals surface area contributed by atoms with E-state index in [9.17, 15) is 4.79 Å². The van der Waals surface area contributed by atoms with Gasteiger partial charge in [0.25, 0.3) is 0 Å². The Morgan fingerprint density at radius 1 is 0.950 bits per heavy atom. The molecular weight excluding hydrogens is 246 g/mol. The summed E-state index contributed by atoms with van der Waals surface area (Å²) in [6.07, 6.45) is 0.955. The lowest BCUT2D eigenvalue weighted by atomic mass is 10.0. The van der Waals surface area contributed by atoms with Gasteiger partial charge in [-0.25, -0.2) is 0 Å². The Kier molecular flexibility index (Phi) is 2.94. The molecule has 1 aromatic heterocycles. The highest BCUT2D eigenvalue weighted by Gasteiger charge is 2.14. The van der Waals surface area contributed by atoms with E-state index in [2.05, 4.69) is 62.2 Å². The van der Waals surface area contributed by atoms with Gasteiger partial charge >= 0.3 is 0 Å². The normalized spacial score (nSPS) is 10.9. The predicted octanol–water partition coefficient (Wildman–Crippen LogP) is 4.57. The van der Waals surface area contributed by atoms with Crippen LogP contribution in [0.1, 0.15) is 27.0 Å². The molecule has 0 aliphatic carbocycles. The van der Waals surface area contributed by atoms with Crippen LogP contribution in [0.2, 0.25) is 0 Å². The number of fused-ring (bicyclic) bond motifs is 1. The first kappa shape index (κ1) is 12.7. The number of aldehydes is 1. The van der Waals surface area contributed by atoms with Crippen LogP contribution in [0, 0.1) is 20.8 Å². The van der Waals surface area contributed by atoms with Crippen LogP contribution < -0.4 is 0 Å². The highest BCUT2D eigenvalue weighted by Crippen LogP contribution is 2.32. The predicted molar refractivity (Wildman–Crippen MR) is 83.3 cm³/mol. The Hall–Kier alpha value is -2.35. The number of aromatic nitrogens is 1. The van der Waals surface area contributed by atoms with Gasteiger partial charge in [0.05, 0.1) is 5.69 Å². The molecule has 20 heavy (non-hydrogen) atoms. The van der Waals surface area contributed by atoms with Crippen molar-refractivity contribution in [3.05, 3.63) is 58.7 Å². The van der Waals surface area contributed by atoms with Crippen LogP contribution in [0.4, 0.5) is 0 Å². The Morgan fingerprint density at radius 2 is 1.65 bits per heavy atom. The lowest BCUT2D eigenvalue weighted by Crippen LogP contribution is -1.86. The van der Waals surface area contributed by atoms with Crippen LogP contribution in [0.5, 0.6) is 0 Å². The van der Waals surface area contributed by atoms with Gasteiger partial charge in [0, 0.05) is 16.5 Å². The number of carbonyl (C=O) groups is 1. The van der Waals surface area contributed by atoms with Crippen LogP contribution in [-0.2, 0) is 0 Å². The number of carbonyl (C=O) groups excluding carboxylic acids is 1. The zero-order valence-electron chi connectivity index (χ0n) is 11.9. The van der Waals surface area contributed by atoms with Crippen molar-refractivity contribution in [2.45, 2.75) is 20.8 Å². The van der Waals surface area contributed by atoms with E-state index in [-0.39, 0.29) is 0 Å². The van der Waals surface area contributed by atoms with Gasteiger partial charge in [0.1, 0.15) is 0 Å². The summed E-state index contributed by atoms with van der Waals surface area (Å²) in [4.78, 5) is 15.0. The van der Waals surface area contributed by atoms with Gasteiger partial charge < -0.3 is 4.98 Å². The van der Waals surface area contributed by atoms with Gasteiger partial charge in [0.2, 0.25) is 0 Å².